The number of nitrogens with one attached hydrogen (secondary N) is 1. The van der Waals surface area contributed by atoms with Gasteiger partial charge in [0.1, 0.15) is 6.04 Å². The van der Waals surface area contributed by atoms with Crippen LogP contribution in [0.3, 0.4) is 0 Å². The summed E-state index contributed by atoms with van der Waals surface area (Å²) in [7, 11) is -2.94. The molecule has 0 fully saturated rings. The highest BCUT2D eigenvalue weighted by Gasteiger charge is 2.29. The van der Waals surface area contributed by atoms with Gasteiger partial charge in [-0.15, -0.1) is 11.3 Å². The van der Waals surface area contributed by atoms with Crippen molar-refractivity contribution in [2.75, 3.05) is 13.7 Å². The molecule has 1 atom stereocenters. The van der Waals surface area contributed by atoms with Crippen LogP contribution in [0.1, 0.15) is 24.3 Å². The number of rotatable bonds is 6. The van der Waals surface area contributed by atoms with Crippen molar-refractivity contribution >= 4 is 33.3 Å². The SMILES string of the molecule is CCOC(=O)C(C)NS(=O)(=O)c1scnc1C(=O)OC. The lowest BCUT2D eigenvalue weighted by molar-refractivity contribution is -0.144. The summed E-state index contributed by atoms with van der Waals surface area (Å²) < 4.78 is 35.2. The summed E-state index contributed by atoms with van der Waals surface area (Å²) in [5.41, 5.74) is 0.886. The Kier molecular flexibility index (Phi) is 5.60. The van der Waals surface area contributed by atoms with Crippen molar-refractivity contribution in [1.82, 2.24) is 9.71 Å². The number of hydrogen-bond donors (Lipinski definition) is 1. The monoisotopic (exact) mass is 322 g/mol. The average Bonchev–Trinajstić information content (AvgIpc) is 2.87. The van der Waals surface area contributed by atoms with E-state index in [4.69, 9.17) is 4.74 Å². The van der Waals surface area contributed by atoms with Crippen LogP contribution in [0, 0.1) is 0 Å². The molecule has 0 aliphatic heterocycles. The zero-order valence-electron chi connectivity index (χ0n) is 11.1. The van der Waals surface area contributed by atoms with Crippen LogP contribution >= 0.6 is 11.3 Å². The zero-order chi connectivity index (χ0) is 15.3. The lowest BCUT2D eigenvalue weighted by Crippen LogP contribution is -2.39. The third-order valence-electron chi connectivity index (χ3n) is 2.13. The van der Waals surface area contributed by atoms with Crippen LogP contribution < -0.4 is 4.72 Å². The maximum absolute atomic E-state index is 12.1. The Bertz CT molecular complexity index is 595. The summed E-state index contributed by atoms with van der Waals surface area (Å²) >= 11 is 0.753. The lowest BCUT2D eigenvalue weighted by atomic mass is 10.4. The molecule has 0 bridgehead atoms. The van der Waals surface area contributed by atoms with Crippen molar-refractivity contribution in [3.05, 3.63) is 11.2 Å². The van der Waals surface area contributed by atoms with E-state index in [-0.39, 0.29) is 16.5 Å². The fourth-order valence-electron chi connectivity index (χ4n) is 1.26. The van der Waals surface area contributed by atoms with E-state index in [1.165, 1.54) is 12.4 Å². The van der Waals surface area contributed by atoms with Crippen LogP contribution in [0.25, 0.3) is 0 Å². The Hall–Kier alpha value is -1.52. The van der Waals surface area contributed by atoms with Crippen molar-refractivity contribution in [3.63, 3.8) is 0 Å². The summed E-state index contributed by atoms with van der Waals surface area (Å²) in [4.78, 5) is 26.5. The molecular weight excluding hydrogens is 308 g/mol. The quantitative estimate of drug-likeness (QED) is 0.742. The largest absolute Gasteiger partial charge is 0.465 e. The van der Waals surface area contributed by atoms with Crippen LogP contribution in [0.5, 0.6) is 0 Å². The van der Waals surface area contributed by atoms with Crippen molar-refractivity contribution in [1.29, 1.82) is 0 Å². The number of methoxy groups -OCH3 is 1. The molecule has 1 aromatic heterocycles. The Balaban J connectivity index is 2.98. The minimum absolute atomic E-state index is 0.138. The van der Waals surface area contributed by atoms with E-state index in [0.717, 1.165) is 18.4 Å². The highest BCUT2D eigenvalue weighted by Crippen LogP contribution is 2.20. The molecule has 10 heteroatoms. The molecule has 8 nitrogen and oxygen atoms in total. The number of thiazole rings is 1. The van der Waals surface area contributed by atoms with Crippen molar-refractivity contribution in [3.8, 4) is 0 Å². The predicted molar refractivity (Wildman–Crippen MR) is 69.9 cm³/mol. The van der Waals surface area contributed by atoms with E-state index in [1.54, 1.807) is 6.92 Å². The number of hydrogen-bond acceptors (Lipinski definition) is 8. The standard InChI is InChI=1S/C10H14N2O6S2/c1-4-18-8(13)6(2)12-20(15,16)10-7(9(14)17-3)11-5-19-10/h5-6,12H,4H2,1-3H3. The highest BCUT2D eigenvalue weighted by molar-refractivity contribution is 7.91. The van der Waals surface area contributed by atoms with Crippen molar-refractivity contribution in [2.45, 2.75) is 24.1 Å². The lowest BCUT2D eigenvalue weighted by Gasteiger charge is -2.12. The first-order valence-electron chi connectivity index (χ1n) is 5.54. The molecule has 0 amide bonds. The van der Waals surface area contributed by atoms with Crippen LogP contribution in [-0.4, -0.2) is 45.1 Å². The topological polar surface area (TPSA) is 112 Å². The van der Waals surface area contributed by atoms with Gasteiger partial charge in [0.15, 0.2) is 9.90 Å². The number of carbonyl (C=O) groups is 2. The van der Waals surface area contributed by atoms with Gasteiger partial charge in [0.25, 0.3) is 10.0 Å². The number of carbonyl (C=O) groups excluding carboxylic acids is 2. The number of esters is 2. The molecule has 0 aliphatic carbocycles. The summed E-state index contributed by atoms with van der Waals surface area (Å²) in [5, 5.41) is 0. The maximum atomic E-state index is 12.1. The van der Waals surface area contributed by atoms with E-state index < -0.39 is 28.0 Å². The van der Waals surface area contributed by atoms with Crippen LogP contribution in [-0.2, 0) is 24.3 Å². The second-order valence-electron chi connectivity index (χ2n) is 3.58. The predicted octanol–water partition coefficient (Wildman–Crippen LogP) is 0.160. The fraction of sp³-hybridized carbons (Fsp3) is 0.500. The van der Waals surface area contributed by atoms with Crippen molar-refractivity contribution in [2.24, 2.45) is 0 Å². The fourth-order valence-corrected chi connectivity index (χ4v) is 3.60. The van der Waals surface area contributed by atoms with E-state index in [0.29, 0.717) is 0 Å². The molecule has 0 aromatic carbocycles. The molecule has 1 rings (SSSR count). The first-order valence-corrected chi connectivity index (χ1v) is 7.90. The number of sulfonamides is 1. The van der Waals surface area contributed by atoms with Gasteiger partial charge < -0.3 is 9.47 Å². The van der Waals surface area contributed by atoms with Gasteiger partial charge in [-0.05, 0) is 13.8 Å². The minimum atomic E-state index is -4.06. The van der Waals surface area contributed by atoms with Gasteiger partial charge in [0, 0.05) is 0 Å². The van der Waals surface area contributed by atoms with Gasteiger partial charge in [0.2, 0.25) is 0 Å². The Morgan fingerprint density at radius 3 is 2.70 bits per heavy atom. The molecule has 0 saturated carbocycles. The van der Waals surface area contributed by atoms with Gasteiger partial charge in [0.05, 0.1) is 19.2 Å². The number of aromatic nitrogens is 1. The average molecular weight is 322 g/mol. The first-order chi connectivity index (χ1) is 9.33. The first kappa shape index (κ1) is 16.5. The third kappa shape index (κ3) is 3.74. The van der Waals surface area contributed by atoms with Gasteiger partial charge in [-0.3, -0.25) is 4.79 Å². The molecule has 112 valence electrons. The van der Waals surface area contributed by atoms with Crippen LogP contribution in [0.2, 0.25) is 0 Å². The van der Waals surface area contributed by atoms with Gasteiger partial charge >= 0.3 is 11.9 Å². The molecule has 1 unspecified atom stereocenters. The van der Waals surface area contributed by atoms with Crippen LogP contribution in [0.4, 0.5) is 0 Å². The van der Waals surface area contributed by atoms with Crippen LogP contribution in [0.15, 0.2) is 9.72 Å². The molecule has 20 heavy (non-hydrogen) atoms. The summed E-state index contributed by atoms with van der Waals surface area (Å²) in [6.07, 6.45) is 0. The highest BCUT2D eigenvalue weighted by atomic mass is 32.2. The Labute approximate surface area is 120 Å². The number of nitrogens with zero attached hydrogens (tertiary/aromatic N) is 1. The molecule has 1 heterocycles. The Morgan fingerprint density at radius 2 is 2.15 bits per heavy atom. The Morgan fingerprint density at radius 1 is 1.50 bits per heavy atom. The third-order valence-corrected chi connectivity index (χ3v) is 5.04. The van der Waals surface area contributed by atoms with E-state index >= 15 is 0 Å². The molecule has 1 N–H and O–H groups in total. The summed E-state index contributed by atoms with van der Waals surface area (Å²) in [5.74, 6) is -1.57. The van der Waals surface area contributed by atoms with Gasteiger partial charge in [-0.25, -0.2) is 18.2 Å². The maximum Gasteiger partial charge on any atom is 0.358 e. The molecule has 0 aliphatic rings. The van der Waals surface area contributed by atoms with Crippen molar-refractivity contribution < 1.29 is 27.5 Å². The molecule has 0 saturated heterocycles. The minimum Gasteiger partial charge on any atom is -0.465 e. The van der Waals surface area contributed by atoms with E-state index in [9.17, 15) is 18.0 Å². The normalized spacial score (nSPS) is 12.8. The molecule has 0 spiro atoms. The molecular formula is C10H14N2O6S2. The number of ether oxygens (including phenoxy) is 2. The molecule has 0 radical (unpaired) electrons. The molecule has 1 aromatic rings. The zero-order valence-corrected chi connectivity index (χ0v) is 12.7. The second-order valence-corrected chi connectivity index (χ2v) is 6.34. The van der Waals surface area contributed by atoms with Gasteiger partial charge in [-0.1, -0.05) is 0 Å². The summed E-state index contributed by atoms with van der Waals surface area (Å²) in [6, 6.07) is -1.08. The smallest absolute Gasteiger partial charge is 0.358 e. The summed E-state index contributed by atoms with van der Waals surface area (Å²) in [6.45, 7) is 3.09. The van der Waals surface area contributed by atoms with E-state index in [2.05, 4.69) is 14.4 Å². The van der Waals surface area contributed by atoms with Gasteiger partial charge in [-0.2, -0.15) is 4.72 Å². The van der Waals surface area contributed by atoms with E-state index in [1.807, 2.05) is 0 Å². The second kappa shape index (κ2) is 6.77.